The number of carbonyl (C=O) groups excluding carboxylic acids is 3. The van der Waals surface area contributed by atoms with E-state index in [0.29, 0.717) is 35.1 Å². The summed E-state index contributed by atoms with van der Waals surface area (Å²) in [6.07, 6.45) is 0.916. The van der Waals surface area contributed by atoms with Gasteiger partial charge in [-0.1, -0.05) is 33.8 Å². The van der Waals surface area contributed by atoms with Crippen molar-refractivity contribution < 1.29 is 19.1 Å². The molecule has 0 aromatic heterocycles. The summed E-state index contributed by atoms with van der Waals surface area (Å²) < 4.78 is 5.67. The zero-order chi connectivity index (χ0) is 24.4. The van der Waals surface area contributed by atoms with Crippen molar-refractivity contribution in [1.82, 2.24) is 16.2 Å². The van der Waals surface area contributed by atoms with Gasteiger partial charge in [0.05, 0.1) is 6.61 Å². The molecule has 0 aliphatic carbocycles. The van der Waals surface area contributed by atoms with Crippen molar-refractivity contribution in [3.63, 3.8) is 0 Å². The first-order valence-electron chi connectivity index (χ1n) is 10.7. The molecule has 0 spiro atoms. The standard InChI is InChI=1S/C24H30N4O4S/c1-15(2)12-13-32-20-7-5-6-18(14-20)22(30)26-24(33)28-27-23(31)17-8-10-19(11-9-17)25-21(29)16(3)4/h5-11,14-16H,12-13H2,1-4H3,(H,25,29)(H,27,31)(H2,26,28,30,33). The number of anilines is 1. The summed E-state index contributed by atoms with van der Waals surface area (Å²) in [6, 6.07) is 13.2. The van der Waals surface area contributed by atoms with Crippen LogP contribution in [0.5, 0.6) is 5.75 Å². The highest BCUT2D eigenvalue weighted by Gasteiger charge is 2.12. The molecule has 8 nitrogen and oxygen atoms in total. The van der Waals surface area contributed by atoms with Crippen LogP contribution in [0.3, 0.4) is 0 Å². The lowest BCUT2D eigenvalue weighted by molar-refractivity contribution is -0.118. The van der Waals surface area contributed by atoms with Crippen LogP contribution in [0.4, 0.5) is 5.69 Å². The van der Waals surface area contributed by atoms with Crippen molar-refractivity contribution in [3.8, 4) is 5.75 Å². The zero-order valence-corrected chi connectivity index (χ0v) is 20.0. The Morgan fingerprint density at radius 3 is 2.24 bits per heavy atom. The first kappa shape index (κ1) is 25.8. The van der Waals surface area contributed by atoms with E-state index in [1.54, 1.807) is 62.4 Å². The summed E-state index contributed by atoms with van der Waals surface area (Å²) in [5.41, 5.74) is 6.26. The summed E-state index contributed by atoms with van der Waals surface area (Å²) in [5, 5.41) is 5.21. The molecule has 2 aromatic rings. The Morgan fingerprint density at radius 1 is 0.909 bits per heavy atom. The largest absolute Gasteiger partial charge is 0.494 e. The molecule has 0 aliphatic heterocycles. The number of thiocarbonyl (C=S) groups is 1. The summed E-state index contributed by atoms with van der Waals surface area (Å²) in [7, 11) is 0. The van der Waals surface area contributed by atoms with Crippen LogP contribution in [-0.2, 0) is 4.79 Å². The maximum Gasteiger partial charge on any atom is 0.269 e. The van der Waals surface area contributed by atoms with Crippen LogP contribution in [0.2, 0.25) is 0 Å². The molecule has 9 heteroatoms. The molecule has 33 heavy (non-hydrogen) atoms. The lowest BCUT2D eigenvalue weighted by Crippen LogP contribution is -2.48. The smallest absolute Gasteiger partial charge is 0.269 e. The van der Waals surface area contributed by atoms with E-state index < -0.39 is 11.8 Å². The number of hydrazine groups is 1. The molecule has 0 aliphatic rings. The molecule has 2 aromatic carbocycles. The van der Waals surface area contributed by atoms with Gasteiger partial charge >= 0.3 is 0 Å². The molecule has 4 N–H and O–H groups in total. The molecule has 3 amide bonds. The van der Waals surface area contributed by atoms with E-state index in [1.165, 1.54) is 0 Å². The first-order chi connectivity index (χ1) is 15.7. The van der Waals surface area contributed by atoms with Crippen LogP contribution in [0.25, 0.3) is 0 Å². The van der Waals surface area contributed by atoms with Crippen molar-refractivity contribution in [1.29, 1.82) is 0 Å². The maximum absolute atomic E-state index is 12.4. The second kappa shape index (κ2) is 12.5. The minimum Gasteiger partial charge on any atom is -0.494 e. The quantitative estimate of drug-likeness (QED) is 0.346. The molecule has 0 atom stereocenters. The van der Waals surface area contributed by atoms with Crippen LogP contribution in [0.15, 0.2) is 48.5 Å². The summed E-state index contributed by atoms with van der Waals surface area (Å²) >= 11 is 5.09. The van der Waals surface area contributed by atoms with E-state index in [4.69, 9.17) is 17.0 Å². The number of ether oxygens (including phenoxy) is 1. The normalized spacial score (nSPS) is 10.5. The van der Waals surface area contributed by atoms with Crippen molar-refractivity contribution in [2.24, 2.45) is 11.8 Å². The Labute approximate surface area is 199 Å². The van der Waals surface area contributed by atoms with E-state index in [-0.39, 0.29) is 16.9 Å². The van der Waals surface area contributed by atoms with Crippen LogP contribution in [0, 0.1) is 11.8 Å². The summed E-state index contributed by atoms with van der Waals surface area (Å²) in [6.45, 7) is 8.39. The zero-order valence-electron chi connectivity index (χ0n) is 19.2. The van der Waals surface area contributed by atoms with E-state index in [1.807, 2.05) is 0 Å². The van der Waals surface area contributed by atoms with Gasteiger partial charge in [0.1, 0.15) is 5.75 Å². The van der Waals surface area contributed by atoms with Crippen LogP contribution in [0.1, 0.15) is 54.8 Å². The minimum absolute atomic E-state index is 0.0553. The second-order valence-corrected chi connectivity index (χ2v) is 8.55. The monoisotopic (exact) mass is 470 g/mol. The SMILES string of the molecule is CC(C)CCOc1cccc(C(=O)NC(=S)NNC(=O)c2ccc(NC(=O)C(C)C)cc2)c1. The van der Waals surface area contributed by atoms with Gasteiger partial charge in [-0.05, 0) is 67.0 Å². The number of hydrogen-bond acceptors (Lipinski definition) is 5. The molecule has 176 valence electrons. The van der Waals surface area contributed by atoms with Gasteiger partial charge in [-0.3, -0.25) is 30.6 Å². The number of rotatable bonds is 8. The molecule has 0 fully saturated rings. The predicted molar refractivity (Wildman–Crippen MR) is 132 cm³/mol. The van der Waals surface area contributed by atoms with Gasteiger partial charge in [-0.25, -0.2) is 0 Å². The van der Waals surface area contributed by atoms with Gasteiger partial charge in [-0.15, -0.1) is 0 Å². The predicted octanol–water partition coefficient (Wildman–Crippen LogP) is 3.66. The van der Waals surface area contributed by atoms with Crippen LogP contribution in [-0.4, -0.2) is 29.4 Å². The van der Waals surface area contributed by atoms with E-state index in [2.05, 4.69) is 35.3 Å². The van der Waals surface area contributed by atoms with Gasteiger partial charge in [-0.2, -0.15) is 0 Å². The van der Waals surface area contributed by atoms with Gasteiger partial charge < -0.3 is 10.1 Å². The molecule has 0 radical (unpaired) electrons. The van der Waals surface area contributed by atoms with E-state index in [9.17, 15) is 14.4 Å². The highest BCUT2D eigenvalue weighted by molar-refractivity contribution is 7.80. The number of amides is 3. The second-order valence-electron chi connectivity index (χ2n) is 8.14. The molecular weight excluding hydrogens is 440 g/mol. The first-order valence-corrected chi connectivity index (χ1v) is 11.1. The topological polar surface area (TPSA) is 109 Å². The highest BCUT2D eigenvalue weighted by Crippen LogP contribution is 2.14. The van der Waals surface area contributed by atoms with Gasteiger partial charge in [0.2, 0.25) is 5.91 Å². The number of nitrogens with one attached hydrogen (secondary N) is 4. The summed E-state index contributed by atoms with van der Waals surface area (Å²) in [5.74, 6) is -0.00610. The lowest BCUT2D eigenvalue weighted by atomic mass is 10.1. The molecule has 0 bridgehead atoms. The fraction of sp³-hybridized carbons (Fsp3) is 0.333. The van der Waals surface area contributed by atoms with Crippen LogP contribution >= 0.6 is 12.2 Å². The van der Waals surface area contributed by atoms with Crippen molar-refractivity contribution in [2.45, 2.75) is 34.1 Å². The van der Waals surface area contributed by atoms with Gasteiger partial charge in [0.15, 0.2) is 5.11 Å². The number of hydrogen-bond donors (Lipinski definition) is 4. The Bertz CT molecular complexity index is 990. The van der Waals surface area contributed by atoms with Crippen LogP contribution < -0.4 is 26.2 Å². The molecule has 0 saturated carbocycles. The molecule has 0 saturated heterocycles. The fourth-order valence-electron chi connectivity index (χ4n) is 2.52. The minimum atomic E-state index is -0.450. The van der Waals surface area contributed by atoms with Gasteiger partial charge in [0, 0.05) is 22.7 Å². The Morgan fingerprint density at radius 2 is 1.61 bits per heavy atom. The van der Waals surface area contributed by atoms with Crippen molar-refractivity contribution >= 4 is 40.7 Å². The third-order valence-corrected chi connectivity index (χ3v) is 4.72. The number of carbonyl (C=O) groups is 3. The van der Waals surface area contributed by atoms with Gasteiger partial charge in [0.25, 0.3) is 11.8 Å². The highest BCUT2D eigenvalue weighted by atomic mass is 32.1. The summed E-state index contributed by atoms with van der Waals surface area (Å²) in [4.78, 5) is 36.5. The molecule has 0 unspecified atom stereocenters. The third kappa shape index (κ3) is 8.89. The Kier molecular flexibility index (Phi) is 9.81. The average molecular weight is 471 g/mol. The third-order valence-electron chi connectivity index (χ3n) is 4.52. The Hall–Kier alpha value is -3.46. The van der Waals surface area contributed by atoms with Crippen molar-refractivity contribution in [2.75, 3.05) is 11.9 Å². The average Bonchev–Trinajstić information content (AvgIpc) is 2.77. The molecular formula is C24H30N4O4S. The number of benzene rings is 2. The Balaban J connectivity index is 1.83. The van der Waals surface area contributed by atoms with E-state index in [0.717, 1.165) is 6.42 Å². The lowest BCUT2D eigenvalue weighted by Gasteiger charge is -2.12. The molecule has 0 heterocycles. The van der Waals surface area contributed by atoms with Crippen molar-refractivity contribution in [3.05, 3.63) is 59.7 Å². The fourth-order valence-corrected chi connectivity index (χ4v) is 2.67. The maximum atomic E-state index is 12.4. The molecule has 2 rings (SSSR count). The van der Waals surface area contributed by atoms with E-state index >= 15 is 0 Å².